The lowest BCUT2D eigenvalue weighted by Gasteiger charge is -2.31. The Kier molecular flexibility index (Phi) is 9.65. The quantitative estimate of drug-likeness (QED) is 0.431. The van der Waals surface area contributed by atoms with Crippen molar-refractivity contribution in [2.45, 2.75) is 33.4 Å². The Balaban J connectivity index is 2.34. The molecular formula is C23H29FIN3O4S. The fraction of sp³-hybridized carbons (Fsp3) is 0.391. The van der Waals surface area contributed by atoms with Gasteiger partial charge in [0.2, 0.25) is 21.8 Å². The molecule has 2 amide bonds. The van der Waals surface area contributed by atoms with Gasteiger partial charge in [0.1, 0.15) is 18.4 Å². The highest BCUT2D eigenvalue weighted by atomic mass is 127. The molecule has 0 aliphatic heterocycles. The Bertz CT molecular complexity index is 1060. The first-order valence-electron chi connectivity index (χ1n) is 10.4. The second-order valence-electron chi connectivity index (χ2n) is 8.21. The van der Waals surface area contributed by atoms with Gasteiger partial charge in [-0.15, -0.1) is 0 Å². The standard InChI is InChI=1S/C23H29FIN3O4S/c1-16(2)13-26-23(30)17(3)27(14-18-5-7-19(24)8-6-18)22(29)15-28(33(4,31)32)21-11-9-20(25)10-12-21/h5-12,16-17H,13-15H2,1-4H3,(H,26,30)/t17-/m0/s1. The summed E-state index contributed by atoms with van der Waals surface area (Å²) in [7, 11) is -3.77. The number of carbonyl (C=O) groups excluding carboxylic acids is 2. The summed E-state index contributed by atoms with van der Waals surface area (Å²) in [5.41, 5.74) is 0.971. The molecule has 10 heteroatoms. The minimum atomic E-state index is -3.77. The molecule has 0 saturated carbocycles. The van der Waals surface area contributed by atoms with Crippen molar-refractivity contribution in [1.82, 2.24) is 10.2 Å². The number of rotatable bonds is 10. The second-order valence-corrected chi connectivity index (χ2v) is 11.4. The molecule has 2 aromatic rings. The Morgan fingerprint density at radius 2 is 1.61 bits per heavy atom. The van der Waals surface area contributed by atoms with Crippen molar-refractivity contribution < 1.29 is 22.4 Å². The molecular weight excluding hydrogens is 560 g/mol. The Hall–Kier alpha value is -2.21. The zero-order chi connectivity index (χ0) is 24.8. The number of hydrogen-bond donors (Lipinski definition) is 1. The van der Waals surface area contributed by atoms with E-state index in [-0.39, 0.29) is 18.4 Å². The van der Waals surface area contributed by atoms with Gasteiger partial charge < -0.3 is 10.2 Å². The molecule has 0 heterocycles. The van der Waals surface area contributed by atoms with Crippen molar-refractivity contribution in [1.29, 1.82) is 0 Å². The molecule has 0 saturated heterocycles. The fourth-order valence-electron chi connectivity index (χ4n) is 3.04. The highest BCUT2D eigenvalue weighted by molar-refractivity contribution is 14.1. The third kappa shape index (κ3) is 8.26. The molecule has 33 heavy (non-hydrogen) atoms. The van der Waals surface area contributed by atoms with Gasteiger partial charge in [-0.1, -0.05) is 26.0 Å². The fourth-order valence-corrected chi connectivity index (χ4v) is 4.25. The van der Waals surface area contributed by atoms with Crippen molar-refractivity contribution >= 4 is 50.1 Å². The molecule has 0 aliphatic carbocycles. The number of sulfonamides is 1. The number of nitrogens with one attached hydrogen (secondary N) is 1. The summed E-state index contributed by atoms with van der Waals surface area (Å²) in [5, 5.41) is 2.81. The Labute approximate surface area is 208 Å². The van der Waals surface area contributed by atoms with Crippen LogP contribution in [0.3, 0.4) is 0 Å². The lowest BCUT2D eigenvalue weighted by atomic mass is 10.1. The lowest BCUT2D eigenvalue weighted by Crippen LogP contribution is -2.51. The zero-order valence-corrected chi connectivity index (χ0v) is 22.1. The van der Waals surface area contributed by atoms with Gasteiger partial charge in [0.25, 0.3) is 0 Å². The number of hydrogen-bond acceptors (Lipinski definition) is 4. The molecule has 0 fully saturated rings. The van der Waals surface area contributed by atoms with Gasteiger partial charge in [-0.05, 0) is 77.4 Å². The van der Waals surface area contributed by atoms with Crippen LogP contribution in [0.25, 0.3) is 0 Å². The highest BCUT2D eigenvalue weighted by Crippen LogP contribution is 2.20. The average molecular weight is 589 g/mol. The smallest absolute Gasteiger partial charge is 0.244 e. The zero-order valence-electron chi connectivity index (χ0n) is 19.1. The van der Waals surface area contributed by atoms with Gasteiger partial charge in [-0.3, -0.25) is 13.9 Å². The van der Waals surface area contributed by atoms with Gasteiger partial charge >= 0.3 is 0 Å². The topological polar surface area (TPSA) is 86.8 Å². The van der Waals surface area contributed by atoms with Crippen LogP contribution in [0.2, 0.25) is 0 Å². The number of anilines is 1. The van der Waals surface area contributed by atoms with Crippen LogP contribution >= 0.6 is 22.6 Å². The Morgan fingerprint density at radius 3 is 2.12 bits per heavy atom. The predicted octanol–water partition coefficient (Wildman–Crippen LogP) is 3.39. The summed E-state index contributed by atoms with van der Waals surface area (Å²) < 4.78 is 40.3. The second kappa shape index (κ2) is 11.8. The molecule has 2 aromatic carbocycles. The van der Waals surface area contributed by atoms with E-state index in [0.29, 0.717) is 17.8 Å². The van der Waals surface area contributed by atoms with Crippen molar-refractivity contribution in [3.8, 4) is 0 Å². The van der Waals surface area contributed by atoms with Gasteiger partial charge in [0.15, 0.2) is 0 Å². The van der Waals surface area contributed by atoms with Crippen LogP contribution in [-0.2, 0) is 26.2 Å². The predicted molar refractivity (Wildman–Crippen MR) is 136 cm³/mol. The molecule has 2 rings (SSSR count). The van der Waals surface area contributed by atoms with Crippen LogP contribution < -0.4 is 9.62 Å². The third-order valence-corrected chi connectivity index (χ3v) is 6.77. The molecule has 7 nitrogen and oxygen atoms in total. The first-order valence-corrected chi connectivity index (χ1v) is 13.4. The minimum Gasteiger partial charge on any atom is -0.354 e. The molecule has 0 bridgehead atoms. The molecule has 0 aliphatic rings. The maximum absolute atomic E-state index is 13.4. The van der Waals surface area contributed by atoms with Crippen LogP contribution in [0.5, 0.6) is 0 Å². The maximum Gasteiger partial charge on any atom is 0.244 e. The summed E-state index contributed by atoms with van der Waals surface area (Å²) in [6.07, 6.45) is 1.03. The average Bonchev–Trinajstić information content (AvgIpc) is 2.74. The maximum atomic E-state index is 13.4. The van der Waals surface area contributed by atoms with E-state index in [2.05, 4.69) is 27.9 Å². The van der Waals surface area contributed by atoms with Crippen LogP contribution in [-0.4, -0.2) is 50.5 Å². The number of nitrogens with zero attached hydrogens (tertiary/aromatic N) is 2. The number of benzene rings is 2. The molecule has 0 unspecified atom stereocenters. The monoisotopic (exact) mass is 589 g/mol. The van der Waals surface area contributed by atoms with E-state index < -0.39 is 34.3 Å². The SMILES string of the molecule is CC(C)CNC(=O)[C@H](C)N(Cc1ccc(F)cc1)C(=O)CN(c1ccc(I)cc1)S(C)(=O)=O. The van der Waals surface area contributed by atoms with E-state index in [1.165, 1.54) is 29.2 Å². The normalized spacial score (nSPS) is 12.3. The number of halogens is 2. The first-order chi connectivity index (χ1) is 15.4. The van der Waals surface area contributed by atoms with E-state index >= 15 is 0 Å². The summed E-state index contributed by atoms with van der Waals surface area (Å²) in [6.45, 7) is 5.50. The summed E-state index contributed by atoms with van der Waals surface area (Å²) in [5.74, 6) is -1.08. The van der Waals surface area contributed by atoms with E-state index in [1.54, 1.807) is 31.2 Å². The van der Waals surface area contributed by atoms with Crippen molar-refractivity contribution in [3.63, 3.8) is 0 Å². The van der Waals surface area contributed by atoms with Crippen molar-refractivity contribution in [2.24, 2.45) is 5.92 Å². The summed E-state index contributed by atoms with van der Waals surface area (Å²) >= 11 is 2.11. The first kappa shape index (κ1) is 27.0. The van der Waals surface area contributed by atoms with Crippen LogP contribution in [0.1, 0.15) is 26.3 Å². The number of amides is 2. The van der Waals surface area contributed by atoms with E-state index in [4.69, 9.17) is 0 Å². The molecule has 1 atom stereocenters. The molecule has 0 aromatic heterocycles. The van der Waals surface area contributed by atoms with Gasteiger partial charge in [0, 0.05) is 16.7 Å². The minimum absolute atomic E-state index is 0.0274. The van der Waals surface area contributed by atoms with Crippen LogP contribution in [0.15, 0.2) is 48.5 Å². The van der Waals surface area contributed by atoms with Gasteiger partial charge in [-0.2, -0.15) is 0 Å². The lowest BCUT2D eigenvalue weighted by molar-refractivity contribution is -0.139. The summed E-state index contributed by atoms with van der Waals surface area (Å²) in [6, 6.07) is 11.5. The van der Waals surface area contributed by atoms with Crippen LogP contribution in [0, 0.1) is 15.3 Å². The largest absolute Gasteiger partial charge is 0.354 e. The van der Waals surface area contributed by atoms with Gasteiger partial charge in [0.05, 0.1) is 11.9 Å². The van der Waals surface area contributed by atoms with Gasteiger partial charge in [-0.25, -0.2) is 12.8 Å². The van der Waals surface area contributed by atoms with E-state index in [0.717, 1.165) is 14.1 Å². The van der Waals surface area contributed by atoms with Crippen molar-refractivity contribution in [3.05, 3.63) is 63.5 Å². The third-order valence-electron chi connectivity index (χ3n) is 4.91. The summed E-state index contributed by atoms with van der Waals surface area (Å²) in [4.78, 5) is 27.4. The molecule has 180 valence electrons. The molecule has 0 spiro atoms. The Morgan fingerprint density at radius 1 is 1.03 bits per heavy atom. The van der Waals surface area contributed by atoms with Crippen molar-refractivity contribution in [2.75, 3.05) is 23.7 Å². The van der Waals surface area contributed by atoms with E-state index in [9.17, 15) is 22.4 Å². The highest BCUT2D eigenvalue weighted by Gasteiger charge is 2.30. The van der Waals surface area contributed by atoms with E-state index in [1.807, 2.05) is 13.8 Å². The van der Waals surface area contributed by atoms with Crippen LogP contribution in [0.4, 0.5) is 10.1 Å². The molecule has 0 radical (unpaired) electrons. The number of carbonyl (C=O) groups is 2. The molecule has 1 N–H and O–H groups in total.